The summed E-state index contributed by atoms with van der Waals surface area (Å²) in [6.45, 7) is 8.54. The summed E-state index contributed by atoms with van der Waals surface area (Å²) in [5.74, 6) is -4.85. The number of hydrogen-bond acceptors (Lipinski definition) is 14. The molecule has 368 valence electrons. The molecule has 2 aliphatic rings. The van der Waals surface area contributed by atoms with Gasteiger partial charge in [0.05, 0.1) is 31.6 Å². The molecular formula is C43H68N10O12S. The molecule has 0 saturated carbocycles. The molecule has 1 aromatic rings. The average Bonchev–Trinajstić information content (AvgIpc) is 3.44. The second kappa shape index (κ2) is 27.3. The zero-order valence-corrected chi connectivity index (χ0v) is 39.5. The van der Waals surface area contributed by atoms with Crippen LogP contribution in [0.25, 0.3) is 0 Å². The molecule has 2 heterocycles. The van der Waals surface area contributed by atoms with Gasteiger partial charge >= 0.3 is 23.9 Å². The van der Waals surface area contributed by atoms with Crippen LogP contribution in [-0.2, 0) is 44.9 Å². The van der Waals surface area contributed by atoms with E-state index >= 15 is 0 Å². The van der Waals surface area contributed by atoms with E-state index in [1.807, 2.05) is 25.0 Å². The van der Waals surface area contributed by atoms with Gasteiger partial charge in [0, 0.05) is 84.1 Å². The Hall–Kier alpha value is -5.36. The number of amides is 7. The topological polar surface area (TPSA) is 291 Å². The van der Waals surface area contributed by atoms with Crippen LogP contribution in [0.5, 0.6) is 0 Å². The monoisotopic (exact) mass is 948 g/mol. The predicted octanol–water partition coefficient (Wildman–Crippen LogP) is -0.546. The van der Waals surface area contributed by atoms with Crippen molar-refractivity contribution in [3.05, 3.63) is 29.8 Å². The van der Waals surface area contributed by atoms with Crippen molar-refractivity contribution in [2.45, 2.75) is 65.6 Å². The van der Waals surface area contributed by atoms with Crippen LogP contribution in [0.2, 0.25) is 0 Å². The third kappa shape index (κ3) is 19.2. The molecule has 0 unspecified atom stereocenters. The second-order valence-corrected chi connectivity index (χ2v) is 18.3. The summed E-state index contributed by atoms with van der Waals surface area (Å²) >= 11 is 1.48. The van der Waals surface area contributed by atoms with E-state index < -0.39 is 53.3 Å². The van der Waals surface area contributed by atoms with Gasteiger partial charge in [0.1, 0.15) is 12.1 Å². The summed E-state index contributed by atoms with van der Waals surface area (Å²) in [5, 5.41) is 42.2. The van der Waals surface area contributed by atoms with Crippen molar-refractivity contribution in [2.24, 2.45) is 11.3 Å². The molecular weight excluding hydrogens is 881 g/mol. The first kappa shape index (κ1) is 55.0. The van der Waals surface area contributed by atoms with Gasteiger partial charge in [-0.3, -0.25) is 62.9 Å². The average molecular weight is 949 g/mol. The van der Waals surface area contributed by atoms with Crippen LogP contribution in [-0.4, -0.2) is 209 Å². The van der Waals surface area contributed by atoms with E-state index in [4.69, 9.17) is 0 Å². The fourth-order valence-electron chi connectivity index (χ4n) is 7.39. The predicted molar refractivity (Wildman–Crippen MR) is 245 cm³/mol. The van der Waals surface area contributed by atoms with E-state index in [2.05, 4.69) is 26.6 Å². The number of likely N-dealkylation sites (tertiary alicyclic amines) is 1. The Balaban J connectivity index is 1.57. The molecule has 66 heavy (non-hydrogen) atoms. The molecule has 0 aliphatic carbocycles. The summed E-state index contributed by atoms with van der Waals surface area (Å²) < 4.78 is 0. The Kier molecular flexibility index (Phi) is 22.8. The SMILES string of the molecule is CC[C@H](C)[C@H](NC(=O)[C@H](CCSC)NC(=O)Nc1ccc(CNC(=O)CN2CCN(CC(=O)O)CCN(CC(=O)O)CCN(CC(=O)O)CC2)cc1)C(=O)NCCN1C(=O)CC(C)(C)C1=O. The summed E-state index contributed by atoms with van der Waals surface area (Å²) in [5.41, 5.74) is 0.320. The minimum atomic E-state index is -1.05. The summed E-state index contributed by atoms with van der Waals surface area (Å²) in [4.78, 5) is 121. The minimum absolute atomic E-state index is 0.0111. The number of carbonyl (C=O) groups excluding carboxylic acids is 6. The van der Waals surface area contributed by atoms with Gasteiger partial charge in [-0.2, -0.15) is 11.8 Å². The van der Waals surface area contributed by atoms with Crippen molar-refractivity contribution in [3.63, 3.8) is 0 Å². The first-order chi connectivity index (χ1) is 31.2. The van der Waals surface area contributed by atoms with Crippen molar-refractivity contribution < 1.29 is 58.5 Å². The molecule has 0 bridgehead atoms. The van der Waals surface area contributed by atoms with Crippen molar-refractivity contribution in [3.8, 4) is 0 Å². The summed E-state index contributed by atoms with van der Waals surface area (Å²) in [6, 6.07) is 4.09. The molecule has 2 saturated heterocycles. The first-order valence-electron chi connectivity index (χ1n) is 22.1. The highest BCUT2D eigenvalue weighted by Crippen LogP contribution is 2.31. The van der Waals surface area contributed by atoms with Crippen LogP contribution < -0.4 is 26.6 Å². The van der Waals surface area contributed by atoms with Crippen LogP contribution in [0.4, 0.5) is 10.5 Å². The van der Waals surface area contributed by atoms with Crippen LogP contribution >= 0.6 is 11.8 Å². The maximum Gasteiger partial charge on any atom is 0.319 e. The number of benzene rings is 1. The number of urea groups is 1. The molecule has 2 fully saturated rings. The van der Waals surface area contributed by atoms with Gasteiger partial charge in [-0.1, -0.05) is 46.2 Å². The number of nitrogens with zero attached hydrogens (tertiary/aromatic N) is 5. The zero-order valence-electron chi connectivity index (χ0n) is 38.6. The Labute approximate surface area is 389 Å². The molecule has 0 radical (unpaired) electrons. The van der Waals surface area contributed by atoms with E-state index in [0.29, 0.717) is 36.5 Å². The Morgan fingerprint density at radius 1 is 0.727 bits per heavy atom. The Morgan fingerprint density at radius 3 is 1.67 bits per heavy atom. The number of nitrogens with one attached hydrogen (secondary N) is 5. The maximum absolute atomic E-state index is 13.6. The van der Waals surface area contributed by atoms with Crippen LogP contribution in [0, 0.1) is 11.3 Å². The highest BCUT2D eigenvalue weighted by Gasteiger charge is 2.44. The maximum atomic E-state index is 13.6. The molecule has 7 amide bonds. The fraction of sp³-hybridized carbons (Fsp3) is 0.651. The number of anilines is 1. The molecule has 0 spiro atoms. The summed E-state index contributed by atoms with van der Waals surface area (Å²) in [7, 11) is 0. The van der Waals surface area contributed by atoms with E-state index in [1.54, 1.807) is 52.8 Å². The van der Waals surface area contributed by atoms with Crippen LogP contribution in [0.3, 0.4) is 0 Å². The second-order valence-electron chi connectivity index (χ2n) is 17.3. The van der Waals surface area contributed by atoms with Crippen LogP contribution in [0.15, 0.2) is 24.3 Å². The van der Waals surface area contributed by atoms with Crippen molar-refractivity contribution in [2.75, 3.05) is 109 Å². The lowest BCUT2D eigenvalue weighted by molar-refractivity contribution is -0.141. The molecule has 3 atom stereocenters. The molecule has 0 aromatic heterocycles. The Bertz CT molecular complexity index is 1820. The number of hydrogen-bond donors (Lipinski definition) is 8. The lowest BCUT2D eigenvalue weighted by Gasteiger charge is -2.32. The van der Waals surface area contributed by atoms with E-state index in [1.165, 1.54) is 11.8 Å². The number of imide groups is 1. The molecule has 1 aromatic carbocycles. The number of carbonyl (C=O) groups is 9. The molecule has 8 N–H and O–H groups in total. The smallest absolute Gasteiger partial charge is 0.319 e. The van der Waals surface area contributed by atoms with E-state index in [-0.39, 0.29) is 122 Å². The lowest BCUT2D eigenvalue weighted by atomic mass is 9.92. The van der Waals surface area contributed by atoms with Gasteiger partial charge in [0.2, 0.25) is 29.5 Å². The molecule has 23 heteroatoms. The van der Waals surface area contributed by atoms with Crippen molar-refractivity contribution in [1.82, 2.24) is 45.8 Å². The minimum Gasteiger partial charge on any atom is -0.480 e. The van der Waals surface area contributed by atoms with Gasteiger partial charge in [-0.25, -0.2) is 4.79 Å². The molecule has 3 rings (SSSR count). The third-order valence-electron chi connectivity index (χ3n) is 11.5. The van der Waals surface area contributed by atoms with Gasteiger partial charge < -0.3 is 41.9 Å². The first-order valence-corrected chi connectivity index (χ1v) is 23.5. The normalized spacial score (nSPS) is 18.2. The highest BCUT2D eigenvalue weighted by atomic mass is 32.2. The summed E-state index contributed by atoms with van der Waals surface area (Å²) in [6.07, 6.45) is 2.79. The molecule has 2 aliphatic heterocycles. The standard InChI is InChI=1S/C43H68N10O12S/c1-6-29(2)38(40(63)44-12-13-53-34(55)23-43(3,4)41(53)64)48-39(62)32(11-22-66-5)47-42(65)46-31-9-7-30(8-10-31)24-45-33(54)25-49-14-16-50(26-35(56)57)18-20-52(28-37(60)61)21-19-51(17-15-49)27-36(58)59/h7-10,29,32,38H,6,11-28H2,1-5H3,(H,44,63)(H,45,54)(H,48,62)(H,56,57)(H,58,59)(H,60,61)(H2,46,47,65)/t29-,32-,38-/m0/s1. The van der Waals surface area contributed by atoms with Crippen molar-refractivity contribution in [1.29, 1.82) is 0 Å². The van der Waals surface area contributed by atoms with Crippen LogP contribution in [0.1, 0.15) is 52.5 Å². The lowest BCUT2D eigenvalue weighted by Crippen LogP contribution is -2.56. The van der Waals surface area contributed by atoms with Gasteiger partial charge in [0.25, 0.3) is 0 Å². The number of carboxylic acid groups (broad SMARTS) is 3. The van der Waals surface area contributed by atoms with Gasteiger partial charge in [-0.05, 0) is 42.0 Å². The van der Waals surface area contributed by atoms with E-state index in [0.717, 1.165) is 4.90 Å². The fourth-order valence-corrected chi connectivity index (χ4v) is 7.86. The van der Waals surface area contributed by atoms with E-state index in [9.17, 15) is 58.5 Å². The van der Waals surface area contributed by atoms with Gasteiger partial charge in [-0.15, -0.1) is 0 Å². The largest absolute Gasteiger partial charge is 0.480 e. The number of rotatable bonds is 23. The van der Waals surface area contributed by atoms with Crippen molar-refractivity contribution >= 4 is 70.9 Å². The highest BCUT2D eigenvalue weighted by molar-refractivity contribution is 7.98. The zero-order chi connectivity index (χ0) is 49.0. The quantitative estimate of drug-likeness (QED) is 0.0639. The number of aliphatic carboxylic acids is 3. The number of thioether (sulfide) groups is 1. The Morgan fingerprint density at radius 2 is 1.23 bits per heavy atom. The molecule has 22 nitrogen and oxygen atoms in total. The number of carboxylic acids is 3. The third-order valence-corrected chi connectivity index (χ3v) is 12.1. The van der Waals surface area contributed by atoms with Gasteiger partial charge in [0.15, 0.2) is 0 Å².